The van der Waals surface area contributed by atoms with Crippen LogP contribution in [0, 0.1) is 0 Å². The van der Waals surface area contributed by atoms with Crippen LogP contribution in [-0.4, -0.2) is 27.4 Å². The smallest absolute Gasteiger partial charge is 0.417 e. The van der Waals surface area contributed by atoms with Gasteiger partial charge in [-0.1, -0.05) is 0 Å². The molecule has 0 saturated heterocycles. The summed E-state index contributed by atoms with van der Waals surface area (Å²) in [5, 5.41) is 15.7. The standard InChI is InChI=1S/C13H12F3N3O2/c14-13(15,16)11-3-2-9(8-10(11)12(20)21)17-5-7-19-6-1-4-18-19/h1-4,6,8,17H,5,7H2,(H,20,21). The predicted octanol–water partition coefficient (Wildman–Crippen LogP) is 2.71. The molecular weight excluding hydrogens is 287 g/mol. The number of nitrogens with one attached hydrogen (secondary N) is 1. The molecule has 8 heteroatoms. The van der Waals surface area contributed by atoms with E-state index in [4.69, 9.17) is 5.11 Å². The van der Waals surface area contributed by atoms with E-state index in [1.54, 1.807) is 23.1 Å². The summed E-state index contributed by atoms with van der Waals surface area (Å²) in [5.41, 5.74) is -1.62. The van der Waals surface area contributed by atoms with Crippen molar-refractivity contribution in [2.45, 2.75) is 12.7 Å². The van der Waals surface area contributed by atoms with E-state index in [0.717, 1.165) is 12.1 Å². The molecule has 1 aromatic carbocycles. The molecule has 0 amide bonds. The van der Waals surface area contributed by atoms with Gasteiger partial charge < -0.3 is 10.4 Å². The summed E-state index contributed by atoms with van der Waals surface area (Å²) in [5.74, 6) is -1.61. The molecule has 5 nitrogen and oxygen atoms in total. The number of carboxylic acids is 1. The van der Waals surface area contributed by atoms with Gasteiger partial charge in [0, 0.05) is 24.6 Å². The van der Waals surface area contributed by atoms with E-state index in [-0.39, 0.29) is 0 Å². The van der Waals surface area contributed by atoms with E-state index in [9.17, 15) is 18.0 Å². The van der Waals surface area contributed by atoms with Gasteiger partial charge in [-0.25, -0.2) is 4.79 Å². The Balaban J connectivity index is 2.11. The Labute approximate surface area is 118 Å². The van der Waals surface area contributed by atoms with Crippen molar-refractivity contribution in [2.75, 3.05) is 11.9 Å². The SMILES string of the molecule is O=C(O)c1cc(NCCn2cccn2)ccc1C(F)(F)F. The quantitative estimate of drug-likeness (QED) is 0.891. The van der Waals surface area contributed by atoms with Gasteiger partial charge in [-0.3, -0.25) is 4.68 Å². The fourth-order valence-electron chi connectivity index (χ4n) is 1.83. The number of anilines is 1. The molecule has 2 aromatic rings. The highest BCUT2D eigenvalue weighted by Gasteiger charge is 2.35. The molecule has 0 unspecified atom stereocenters. The molecule has 0 radical (unpaired) electrons. The molecule has 2 rings (SSSR count). The number of hydrogen-bond donors (Lipinski definition) is 2. The van der Waals surface area contributed by atoms with Crippen LogP contribution in [-0.2, 0) is 12.7 Å². The number of carbonyl (C=O) groups is 1. The Morgan fingerprint density at radius 1 is 1.38 bits per heavy atom. The number of carboxylic acid groups (broad SMARTS) is 1. The first-order chi connectivity index (χ1) is 9.88. The Hall–Kier alpha value is -2.51. The molecule has 0 aliphatic carbocycles. The number of nitrogens with zero attached hydrogens (tertiary/aromatic N) is 2. The van der Waals surface area contributed by atoms with Gasteiger partial charge >= 0.3 is 12.1 Å². The first kappa shape index (κ1) is 14.9. The highest BCUT2D eigenvalue weighted by Crippen LogP contribution is 2.33. The third kappa shape index (κ3) is 3.74. The number of hydrogen-bond acceptors (Lipinski definition) is 3. The monoisotopic (exact) mass is 299 g/mol. The minimum Gasteiger partial charge on any atom is -0.478 e. The molecule has 0 aliphatic heterocycles. The van der Waals surface area contributed by atoms with Crippen LogP contribution in [0.1, 0.15) is 15.9 Å². The summed E-state index contributed by atoms with van der Waals surface area (Å²) in [4.78, 5) is 10.9. The lowest BCUT2D eigenvalue weighted by atomic mass is 10.1. The summed E-state index contributed by atoms with van der Waals surface area (Å²) in [6.07, 6.45) is -1.33. The van der Waals surface area contributed by atoms with Crippen molar-refractivity contribution in [3.63, 3.8) is 0 Å². The number of halogens is 3. The molecule has 0 aliphatic rings. The van der Waals surface area contributed by atoms with Gasteiger partial charge in [0.2, 0.25) is 0 Å². The molecular formula is C13H12F3N3O2. The molecule has 0 bridgehead atoms. The number of benzene rings is 1. The van der Waals surface area contributed by atoms with Crippen molar-refractivity contribution in [3.05, 3.63) is 47.8 Å². The zero-order chi connectivity index (χ0) is 15.5. The Bertz CT molecular complexity index is 624. The highest BCUT2D eigenvalue weighted by atomic mass is 19.4. The summed E-state index contributed by atoms with van der Waals surface area (Å²) in [6, 6.07) is 4.70. The zero-order valence-corrected chi connectivity index (χ0v) is 10.8. The van der Waals surface area contributed by atoms with Crippen LogP contribution in [0.4, 0.5) is 18.9 Å². The van der Waals surface area contributed by atoms with E-state index in [0.29, 0.717) is 18.8 Å². The van der Waals surface area contributed by atoms with Crippen molar-refractivity contribution in [1.29, 1.82) is 0 Å². The van der Waals surface area contributed by atoms with Gasteiger partial charge in [-0.15, -0.1) is 0 Å². The van der Waals surface area contributed by atoms with E-state index in [1.165, 1.54) is 6.07 Å². The summed E-state index contributed by atoms with van der Waals surface area (Å²) >= 11 is 0. The number of aromatic nitrogens is 2. The lowest BCUT2D eigenvalue weighted by Crippen LogP contribution is -2.15. The Morgan fingerprint density at radius 3 is 2.71 bits per heavy atom. The van der Waals surface area contributed by atoms with Crippen molar-refractivity contribution in [1.82, 2.24) is 9.78 Å². The van der Waals surface area contributed by atoms with E-state index < -0.39 is 23.3 Å². The average Bonchev–Trinajstić information content (AvgIpc) is 2.90. The zero-order valence-electron chi connectivity index (χ0n) is 10.8. The third-order valence-corrected chi connectivity index (χ3v) is 2.78. The van der Waals surface area contributed by atoms with Crippen molar-refractivity contribution in [3.8, 4) is 0 Å². The van der Waals surface area contributed by atoms with Crippen LogP contribution in [0.3, 0.4) is 0 Å². The van der Waals surface area contributed by atoms with Crippen molar-refractivity contribution in [2.24, 2.45) is 0 Å². The lowest BCUT2D eigenvalue weighted by molar-refractivity contribution is -0.138. The van der Waals surface area contributed by atoms with E-state index >= 15 is 0 Å². The van der Waals surface area contributed by atoms with Crippen LogP contribution in [0.2, 0.25) is 0 Å². The number of rotatable bonds is 5. The normalized spacial score (nSPS) is 11.4. The van der Waals surface area contributed by atoms with Crippen LogP contribution in [0.25, 0.3) is 0 Å². The van der Waals surface area contributed by atoms with Gasteiger partial charge in [-0.05, 0) is 24.3 Å². The summed E-state index contributed by atoms with van der Waals surface area (Å²) in [6.45, 7) is 0.919. The van der Waals surface area contributed by atoms with Crippen LogP contribution in [0.5, 0.6) is 0 Å². The molecule has 21 heavy (non-hydrogen) atoms. The minimum absolute atomic E-state index is 0.313. The van der Waals surface area contributed by atoms with E-state index in [2.05, 4.69) is 10.4 Å². The van der Waals surface area contributed by atoms with Gasteiger partial charge in [0.25, 0.3) is 0 Å². The molecule has 0 atom stereocenters. The Kier molecular flexibility index (Phi) is 4.15. The summed E-state index contributed by atoms with van der Waals surface area (Å²) in [7, 11) is 0. The minimum atomic E-state index is -4.69. The second-order valence-electron chi connectivity index (χ2n) is 4.26. The highest BCUT2D eigenvalue weighted by molar-refractivity contribution is 5.91. The molecule has 2 N–H and O–H groups in total. The number of alkyl halides is 3. The average molecular weight is 299 g/mol. The summed E-state index contributed by atoms with van der Waals surface area (Å²) < 4.78 is 39.7. The maximum Gasteiger partial charge on any atom is 0.417 e. The Morgan fingerprint density at radius 2 is 2.14 bits per heavy atom. The second kappa shape index (κ2) is 5.86. The predicted molar refractivity (Wildman–Crippen MR) is 69.1 cm³/mol. The molecule has 0 saturated carbocycles. The second-order valence-corrected chi connectivity index (χ2v) is 4.26. The third-order valence-electron chi connectivity index (χ3n) is 2.78. The maximum absolute atomic E-state index is 12.7. The molecule has 1 heterocycles. The molecule has 0 fully saturated rings. The lowest BCUT2D eigenvalue weighted by Gasteiger charge is -2.13. The largest absolute Gasteiger partial charge is 0.478 e. The number of aromatic carboxylic acids is 1. The van der Waals surface area contributed by atoms with Gasteiger partial charge in [-0.2, -0.15) is 18.3 Å². The first-order valence-electron chi connectivity index (χ1n) is 6.04. The van der Waals surface area contributed by atoms with E-state index in [1.807, 2.05) is 0 Å². The fourth-order valence-corrected chi connectivity index (χ4v) is 1.83. The first-order valence-corrected chi connectivity index (χ1v) is 6.04. The molecule has 112 valence electrons. The molecule has 0 spiro atoms. The van der Waals surface area contributed by atoms with Crippen LogP contribution < -0.4 is 5.32 Å². The van der Waals surface area contributed by atoms with Crippen molar-refractivity contribution < 1.29 is 23.1 Å². The molecule has 1 aromatic heterocycles. The van der Waals surface area contributed by atoms with Gasteiger partial charge in [0.1, 0.15) is 0 Å². The topological polar surface area (TPSA) is 67.2 Å². The van der Waals surface area contributed by atoms with Crippen LogP contribution >= 0.6 is 0 Å². The fraction of sp³-hybridized carbons (Fsp3) is 0.231. The van der Waals surface area contributed by atoms with Crippen molar-refractivity contribution >= 4 is 11.7 Å². The van der Waals surface area contributed by atoms with Gasteiger partial charge in [0.15, 0.2) is 0 Å². The van der Waals surface area contributed by atoms with Gasteiger partial charge in [0.05, 0.1) is 17.7 Å². The van der Waals surface area contributed by atoms with Crippen LogP contribution in [0.15, 0.2) is 36.7 Å². The maximum atomic E-state index is 12.7.